The van der Waals surface area contributed by atoms with Gasteiger partial charge in [-0.15, -0.1) is 0 Å². The average molecular weight is 327 g/mol. The topological polar surface area (TPSA) is 84.2 Å². The van der Waals surface area contributed by atoms with Crippen molar-refractivity contribution in [3.8, 4) is 0 Å². The summed E-state index contributed by atoms with van der Waals surface area (Å²) >= 11 is 0. The third-order valence-corrected chi connectivity index (χ3v) is 4.59. The van der Waals surface area contributed by atoms with Crippen molar-refractivity contribution in [2.75, 3.05) is 0 Å². The molecule has 2 aromatic rings. The monoisotopic (exact) mass is 327 g/mol. The molecule has 1 unspecified atom stereocenters. The van der Waals surface area contributed by atoms with E-state index in [-0.39, 0.29) is 29.5 Å². The smallest absolute Gasteiger partial charge is 0.253 e. The maximum absolute atomic E-state index is 12.5. The minimum Gasteiger partial charge on any atom is -0.393 e. The van der Waals surface area contributed by atoms with Crippen LogP contribution >= 0.6 is 0 Å². The van der Waals surface area contributed by atoms with Gasteiger partial charge in [0, 0.05) is 37.7 Å². The molecule has 2 aromatic heterocycles. The maximum atomic E-state index is 12.5. The van der Waals surface area contributed by atoms with E-state index in [2.05, 4.69) is 10.3 Å². The van der Waals surface area contributed by atoms with Crippen LogP contribution in [0.4, 0.5) is 0 Å². The summed E-state index contributed by atoms with van der Waals surface area (Å²) in [6.07, 6.45) is 6.82. The number of hydrogen-bond acceptors (Lipinski definition) is 4. The Morgan fingerprint density at radius 3 is 2.67 bits per heavy atom. The number of nitrogens with one attached hydrogen (secondary N) is 1. The van der Waals surface area contributed by atoms with Gasteiger partial charge in [0.25, 0.3) is 5.91 Å². The number of carbonyl (C=O) groups is 1. The van der Waals surface area contributed by atoms with Gasteiger partial charge in [-0.2, -0.15) is 0 Å². The molecule has 0 radical (unpaired) electrons. The van der Waals surface area contributed by atoms with Gasteiger partial charge in [-0.05, 0) is 48.9 Å². The van der Waals surface area contributed by atoms with E-state index in [0.29, 0.717) is 24.8 Å². The summed E-state index contributed by atoms with van der Waals surface area (Å²) in [7, 11) is 1.62. The van der Waals surface area contributed by atoms with Crippen LogP contribution in [-0.4, -0.2) is 32.7 Å². The molecule has 0 aliphatic heterocycles. The summed E-state index contributed by atoms with van der Waals surface area (Å²) < 4.78 is 1.39. The molecule has 24 heavy (non-hydrogen) atoms. The first-order chi connectivity index (χ1) is 11.5. The number of aryl methyl sites for hydroxylation is 1. The minimum absolute atomic E-state index is 0.0551. The molecule has 1 aliphatic rings. The Morgan fingerprint density at radius 2 is 2.04 bits per heavy atom. The molecule has 1 fully saturated rings. The van der Waals surface area contributed by atoms with Crippen molar-refractivity contribution in [1.82, 2.24) is 14.9 Å². The third kappa shape index (κ3) is 3.71. The van der Waals surface area contributed by atoms with Crippen molar-refractivity contribution in [1.29, 1.82) is 0 Å². The van der Waals surface area contributed by atoms with Gasteiger partial charge in [-0.1, -0.05) is 0 Å². The zero-order valence-electron chi connectivity index (χ0n) is 13.6. The third-order valence-electron chi connectivity index (χ3n) is 4.59. The van der Waals surface area contributed by atoms with E-state index < -0.39 is 0 Å². The normalized spacial score (nSPS) is 20.9. The summed E-state index contributed by atoms with van der Waals surface area (Å²) in [4.78, 5) is 28.0. The Kier molecular flexibility index (Phi) is 4.76. The molecule has 2 heterocycles. The highest BCUT2D eigenvalue weighted by Crippen LogP contribution is 2.31. The number of aromatic nitrogens is 2. The number of aliphatic hydroxyl groups excluding tert-OH is 1. The Bertz CT molecular complexity index is 767. The number of aliphatic hydroxyl groups is 1. The van der Waals surface area contributed by atoms with Gasteiger partial charge in [0.15, 0.2) is 0 Å². The molecule has 1 saturated carbocycles. The lowest BCUT2D eigenvalue weighted by atomic mass is 9.75. The molecule has 6 heteroatoms. The molecule has 1 aliphatic carbocycles. The lowest BCUT2D eigenvalue weighted by Gasteiger charge is -2.38. The van der Waals surface area contributed by atoms with Gasteiger partial charge in [-0.3, -0.25) is 14.6 Å². The number of carbonyl (C=O) groups excluding carboxylic acids is 1. The second-order valence-corrected chi connectivity index (χ2v) is 6.39. The van der Waals surface area contributed by atoms with E-state index in [1.807, 2.05) is 12.1 Å². The van der Waals surface area contributed by atoms with E-state index in [0.717, 1.165) is 5.56 Å². The quantitative estimate of drug-likeness (QED) is 0.854. The van der Waals surface area contributed by atoms with Crippen molar-refractivity contribution in [3.63, 3.8) is 0 Å². The predicted octanol–water partition coefficient (Wildman–Crippen LogP) is 0.892. The van der Waals surface area contributed by atoms with Crippen molar-refractivity contribution in [3.05, 3.63) is 64.3 Å². The van der Waals surface area contributed by atoms with Crippen molar-refractivity contribution >= 4 is 5.91 Å². The highest BCUT2D eigenvalue weighted by molar-refractivity contribution is 5.94. The van der Waals surface area contributed by atoms with Gasteiger partial charge in [0.1, 0.15) is 0 Å². The molecule has 0 bridgehead atoms. The lowest BCUT2D eigenvalue weighted by Crippen LogP contribution is -2.48. The summed E-state index contributed by atoms with van der Waals surface area (Å²) in [5, 5.41) is 12.7. The van der Waals surface area contributed by atoms with E-state index in [4.69, 9.17) is 0 Å². The molecule has 0 spiro atoms. The summed E-state index contributed by atoms with van der Waals surface area (Å²) in [6, 6.07) is 6.73. The average Bonchev–Trinajstić information content (AvgIpc) is 2.55. The molecule has 1 amide bonds. The van der Waals surface area contributed by atoms with E-state index >= 15 is 0 Å². The Labute approximate surface area is 140 Å². The Morgan fingerprint density at radius 1 is 1.33 bits per heavy atom. The second-order valence-electron chi connectivity index (χ2n) is 6.39. The molecular formula is C18H21N3O3. The Balaban J connectivity index is 1.74. The number of rotatable bonds is 5. The van der Waals surface area contributed by atoms with E-state index in [9.17, 15) is 14.7 Å². The minimum atomic E-state index is -0.274. The highest BCUT2D eigenvalue weighted by Gasteiger charge is 2.34. The SMILES string of the molecule is Cn1cc(C(=O)NC(Cc2ccncc2)C2CC(O)C2)ccc1=O. The van der Waals surface area contributed by atoms with Crippen LogP contribution < -0.4 is 10.9 Å². The van der Waals surface area contributed by atoms with Crippen LogP contribution in [0.25, 0.3) is 0 Å². The Hall–Kier alpha value is -2.47. The van der Waals surface area contributed by atoms with E-state index in [1.165, 1.54) is 22.9 Å². The van der Waals surface area contributed by atoms with E-state index in [1.54, 1.807) is 19.4 Å². The second kappa shape index (κ2) is 6.97. The molecule has 1 atom stereocenters. The predicted molar refractivity (Wildman–Crippen MR) is 89.6 cm³/mol. The summed E-state index contributed by atoms with van der Waals surface area (Å²) in [6.45, 7) is 0. The molecule has 0 saturated heterocycles. The van der Waals surface area contributed by atoms with Crippen LogP contribution in [0, 0.1) is 5.92 Å². The molecule has 2 N–H and O–H groups in total. The largest absolute Gasteiger partial charge is 0.393 e. The standard InChI is InChI=1S/C18H21N3O3/c1-21-11-13(2-3-17(21)23)18(24)20-16(14-9-15(22)10-14)8-12-4-6-19-7-5-12/h2-7,11,14-16,22H,8-10H2,1H3,(H,20,24). The fourth-order valence-electron chi connectivity index (χ4n) is 3.05. The first-order valence-electron chi connectivity index (χ1n) is 8.07. The number of hydrogen-bond donors (Lipinski definition) is 2. The van der Waals surface area contributed by atoms with Gasteiger partial charge in [0.2, 0.25) is 5.56 Å². The molecular weight excluding hydrogens is 306 g/mol. The molecule has 6 nitrogen and oxygen atoms in total. The van der Waals surface area contributed by atoms with Crippen LogP contribution in [0.5, 0.6) is 0 Å². The van der Waals surface area contributed by atoms with Crippen LogP contribution in [0.1, 0.15) is 28.8 Å². The van der Waals surface area contributed by atoms with Crippen molar-refractivity contribution in [2.45, 2.75) is 31.4 Å². The fourth-order valence-corrected chi connectivity index (χ4v) is 3.05. The first-order valence-corrected chi connectivity index (χ1v) is 8.07. The van der Waals surface area contributed by atoms with Crippen LogP contribution in [0.15, 0.2) is 47.7 Å². The van der Waals surface area contributed by atoms with Crippen LogP contribution in [-0.2, 0) is 13.5 Å². The zero-order valence-corrected chi connectivity index (χ0v) is 13.6. The van der Waals surface area contributed by atoms with Gasteiger partial charge < -0.3 is 15.0 Å². The molecule has 0 aromatic carbocycles. The summed E-state index contributed by atoms with van der Waals surface area (Å²) in [5.74, 6) is 0.0516. The molecule has 126 valence electrons. The van der Waals surface area contributed by atoms with Crippen LogP contribution in [0.2, 0.25) is 0 Å². The van der Waals surface area contributed by atoms with Crippen molar-refractivity contribution < 1.29 is 9.90 Å². The van der Waals surface area contributed by atoms with Gasteiger partial charge >= 0.3 is 0 Å². The lowest BCUT2D eigenvalue weighted by molar-refractivity contribution is 0.0239. The van der Waals surface area contributed by atoms with Crippen molar-refractivity contribution in [2.24, 2.45) is 13.0 Å². The number of pyridine rings is 2. The molecule has 3 rings (SSSR count). The maximum Gasteiger partial charge on any atom is 0.253 e. The first kappa shape index (κ1) is 16.4. The highest BCUT2D eigenvalue weighted by atomic mass is 16.3. The number of nitrogens with zero attached hydrogens (tertiary/aromatic N) is 2. The van der Waals surface area contributed by atoms with Gasteiger partial charge in [0.05, 0.1) is 11.7 Å². The summed E-state index contributed by atoms with van der Waals surface area (Å²) in [5.41, 5.74) is 1.40. The zero-order chi connectivity index (χ0) is 17.1. The van der Waals surface area contributed by atoms with Crippen LogP contribution in [0.3, 0.4) is 0 Å². The fraction of sp³-hybridized carbons (Fsp3) is 0.389. The van der Waals surface area contributed by atoms with Gasteiger partial charge in [-0.25, -0.2) is 0 Å². The number of amides is 1.